The van der Waals surface area contributed by atoms with E-state index in [1.54, 1.807) is 10.9 Å². The third-order valence-corrected chi connectivity index (χ3v) is 5.80. The molecule has 2 aromatic rings. The molecule has 1 aliphatic heterocycles. The van der Waals surface area contributed by atoms with Gasteiger partial charge in [-0.3, -0.25) is 9.69 Å². The van der Waals surface area contributed by atoms with Gasteiger partial charge in [0.25, 0.3) is 6.47 Å². The van der Waals surface area contributed by atoms with Crippen LogP contribution in [0.2, 0.25) is 0 Å². The van der Waals surface area contributed by atoms with Crippen molar-refractivity contribution in [3.05, 3.63) is 41.7 Å². The Hall–Kier alpha value is -3.08. The van der Waals surface area contributed by atoms with Crippen molar-refractivity contribution >= 4 is 12.6 Å². The lowest BCUT2D eigenvalue weighted by Gasteiger charge is -2.35. The average molecular weight is 483 g/mol. The Bertz CT molecular complexity index is 987. The number of hydrogen-bond acceptors (Lipinski definition) is 6. The standard InChI is InChI=1S/C23H29F3N4O4/c1-4-21(33-15-31)30-14-19(12-27-30)20-11-16(2)5-6-18(20)13-28-7-9-29(10-8-28)22(32)34-17(3)23(24,25)26/h5-6,11-12,14-15,17,21H,4,7-10,13H2,1-3H3. The predicted molar refractivity (Wildman–Crippen MR) is 118 cm³/mol. The number of amides is 1. The van der Waals surface area contributed by atoms with Crippen molar-refractivity contribution in [2.75, 3.05) is 26.2 Å². The number of aromatic nitrogens is 2. The first kappa shape index (κ1) is 25.5. The largest absolute Gasteiger partial charge is 0.442 e. The van der Waals surface area contributed by atoms with Crippen LogP contribution in [0.15, 0.2) is 30.6 Å². The Morgan fingerprint density at radius 1 is 1.24 bits per heavy atom. The minimum absolute atomic E-state index is 0.281. The molecule has 1 aromatic heterocycles. The van der Waals surface area contributed by atoms with Crippen LogP contribution >= 0.6 is 0 Å². The van der Waals surface area contributed by atoms with Gasteiger partial charge in [0.1, 0.15) is 0 Å². The van der Waals surface area contributed by atoms with E-state index in [1.165, 1.54) is 4.90 Å². The van der Waals surface area contributed by atoms with Gasteiger partial charge in [0, 0.05) is 50.9 Å². The molecular formula is C23H29F3N4O4. The smallest absolute Gasteiger partial charge is 0.425 e. The number of carbonyl (C=O) groups is 2. The van der Waals surface area contributed by atoms with E-state index in [9.17, 15) is 22.8 Å². The summed E-state index contributed by atoms with van der Waals surface area (Å²) in [6.45, 7) is 7.30. The molecule has 1 saturated heterocycles. The Labute approximate surface area is 196 Å². The van der Waals surface area contributed by atoms with E-state index in [0.717, 1.165) is 29.2 Å². The fraction of sp³-hybridized carbons (Fsp3) is 0.522. The number of aryl methyl sites for hydroxylation is 1. The monoisotopic (exact) mass is 482 g/mol. The normalized spacial score (nSPS) is 16.7. The van der Waals surface area contributed by atoms with E-state index in [2.05, 4.69) is 20.8 Å². The van der Waals surface area contributed by atoms with Crippen molar-refractivity contribution in [3.8, 4) is 11.1 Å². The van der Waals surface area contributed by atoms with E-state index in [0.29, 0.717) is 32.5 Å². The van der Waals surface area contributed by atoms with Crippen molar-refractivity contribution in [3.63, 3.8) is 0 Å². The summed E-state index contributed by atoms with van der Waals surface area (Å²) in [5, 5.41) is 4.35. The molecule has 1 fully saturated rings. The Morgan fingerprint density at radius 2 is 1.94 bits per heavy atom. The highest BCUT2D eigenvalue weighted by Crippen LogP contribution is 2.28. The highest BCUT2D eigenvalue weighted by atomic mass is 19.4. The van der Waals surface area contributed by atoms with Gasteiger partial charge in [-0.05, 0) is 25.0 Å². The van der Waals surface area contributed by atoms with E-state index in [-0.39, 0.29) is 13.1 Å². The lowest BCUT2D eigenvalue weighted by atomic mass is 9.99. The van der Waals surface area contributed by atoms with Crippen LogP contribution in [0.5, 0.6) is 0 Å². The zero-order valence-corrected chi connectivity index (χ0v) is 19.4. The molecule has 34 heavy (non-hydrogen) atoms. The third-order valence-electron chi connectivity index (χ3n) is 5.80. The fourth-order valence-corrected chi connectivity index (χ4v) is 3.76. The number of rotatable bonds is 8. The number of benzene rings is 1. The maximum Gasteiger partial charge on any atom is 0.425 e. The minimum atomic E-state index is -4.58. The quantitative estimate of drug-likeness (QED) is 0.527. The van der Waals surface area contributed by atoms with Crippen molar-refractivity contribution in [1.29, 1.82) is 0 Å². The van der Waals surface area contributed by atoms with Gasteiger partial charge in [0.2, 0.25) is 0 Å². The molecule has 0 radical (unpaired) electrons. The summed E-state index contributed by atoms with van der Waals surface area (Å²) in [5.74, 6) is 0. The first-order chi connectivity index (χ1) is 16.1. The first-order valence-corrected chi connectivity index (χ1v) is 11.1. The lowest BCUT2D eigenvalue weighted by Crippen LogP contribution is -2.49. The Balaban J connectivity index is 1.66. The highest BCUT2D eigenvalue weighted by molar-refractivity contribution is 5.68. The van der Waals surface area contributed by atoms with E-state index >= 15 is 0 Å². The maximum absolute atomic E-state index is 12.7. The topological polar surface area (TPSA) is 76.9 Å². The van der Waals surface area contributed by atoms with Gasteiger partial charge in [-0.1, -0.05) is 30.7 Å². The molecule has 2 atom stereocenters. The van der Waals surface area contributed by atoms with Gasteiger partial charge in [0.05, 0.1) is 6.20 Å². The number of nitrogens with zero attached hydrogens (tertiary/aromatic N) is 4. The Kier molecular flexibility index (Phi) is 8.19. The van der Waals surface area contributed by atoms with Crippen molar-refractivity contribution in [1.82, 2.24) is 19.6 Å². The van der Waals surface area contributed by atoms with E-state index in [1.807, 2.05) is 32.2 Å². The van der Waals surface area contributed by atoms with Crippen LogP contribution in [-0.4, -0.2) is 70.6 Å². The van der Waals surface area contributed by atoms with Crippen LogP contribution < -0.4 is 0 Å². The van der Waals surface area contributed by atoms with Gasteiger partial charge in [-0.25, -0.2) is 9.48 Å². The van der Waals surface area contributed by atoms with Crippen molar-refractivity contribution < 1.29 is 32.2 Å². The SMILES string of the molecule is CCC(OC=O)n1cc(-c2cc(C)ccc2CN2CCN(C(=O)OC(C)C(F)(F)F)CC2)cn1. The first-order valence-electron chi connectivity index (χ1n) is 11.1. The van der Waals surface area contributed by atoms with Gasteiger partial charge in [-0.15, -0.1) is 0 Å². The molecule has 0 bridgehead atoms. The molecule has 11 heteroatoms. The molecule has 2 unspecified atom stereocenters. The number of alkyl halides is 3. The van der Waals surface area contributed by atoms with Crippen LogP contribution in [0.25, 0.3) is 11.1 Å². The molecule has 2 heterocycles. The molecule has 1 aliphatic rings. The molecule has 8 nitrogen and oxygen atoms in total. The molecule has 1 aromatic carbocycles. The van der Waals surface area contributed by atoms with Crippen LogP contribution in [0.4, 0.5) is 18.0 Å². The maximum atomic E-state index is 12.7. The average Bonchev–Trinajstić information content (AvgIpc) is 3.28. The van der Waals surface area contributed by atoms with Gasteiger partial charge >= 0.3 is 12.3 Å². The lowest BCUT2D eigenvalue weighted by molar-refractivity contribution is -0.200. The summed E-state index contributed by atoms with van der Waals surface area (Å²) in [6.07, 6.45) is -4.00. The number of halogens is 3. The second-order valence-corrected chi connectivity index (χ2v) is 8.30. The molecule has 0 spiro atoms. The number of hydrogen-bond donors (Lipinski definition) is 0. The van der Waals surface area contributed by atoms with E-state index in [4.69, 9.17) is 4.74 Å². The summed E-state index contributed by atoms with van der Waals surface area (Å²) >= 11 is 0. The summed E-state index contributed by atoms with van der Waals surface area (Å²) in [6, 6.07) is 6.11. The zero-order valence-electron chi connectivity index (χ0n) is 19.4. The van der Waals surface area contributed by atoms with Crippen LogP contribution in [0.1, 0.15) is 37.6 Å². The molecular weight excluding hydrogens is 453 g/mol. The summed E-state index contributed by atoms with van der Waals surface area (Å²) < 4.78 is 49.2. The minimum Gasteiger partial charge on any atom is -0.442 e. The second kappa shape index (κ2) is 10.9. The molecule has 0 aliphatic carbocycles. The number of ether oxygens (including phenoxy) is 2. The van der Waals surface area contributed by atoms with Crippen molar-refractivity contribution in [2.45, 2.75) is 52.2 Å². The molecule has 0 N–H and O–H groups in total. The summed E-state index contributed by atoms with van der Waals surface area (Å²) in [5.41, 5.74) is 4.01. The third kappa shape index (κ3) is 6.28. The number of piperazine rings is 1. The molecule has 3 rings (SSSR count). The Morgan fingerprint density at radius 3 is 2.56 bits per heavy atom. The second-order valence-electron chi connectivity index (χ2n) is 8.30. The molecule has 186 valence electrons. The van der Waals surface area contributed by atoms with Crippen LogP contribution in [0.3, 0.4) is 0 Å². The molecule has 1 amide bonds. The number of carbonyl (C=O) groups excluding carboxylic acids is 2. The predicted octanol–water partition coefficient (Wildman–Crippen LogP) is 4.15. The summed E-state index contributed by atoms with van der Waals surface area (Å²) in [4.78, 5) is 26.3. The summed E-state index contributed by atoms with van der Waals surface area (Å²) in [7, 11) is 0. The molecule has 0 saturated carbocycles. The van der Waals surface area contributed by atoms with Crippen LogP contribution in [-0.2, 0) is 20.8 Å². The zero-order chi connectivity index (χ0) is 24.9. The fourth-order valence-electron chi connectivity index (χ4n) is 3.76. The van der Waals surface area contributed by atoms with Gasteiger partial charge in [0.15, 0.2) is 12.3 Å². The van der Waals surface area contributed by atoms with Gasteiger partial charge < -0.3 is 14.4 Å². The van der Waals surface area contributed by atoms with Crippen molar-refractivity contribution in [2.24, 2.45) is 0 Å². The highest BCUT2D eigenvalue weighted by Gasteiger charge is 2.40. The van der Waals surface area contributed by atoms with Gasteiger partial charge in [-0.2, -0.15) is 18.3 Å². The van der Waals surface area contributed by atoms with Crippen LogP contribution in [0, 0.1) is 6.92 Å². The van der Waals surface area contributed by atoms with E-state index < -0.39 is 24.6 Å².